The number of aromatic amines is 3. The number of rotatable bonds is 1. The van der Waals surface area contributed by atoms with Crippen molar-refractivity contribution in [3.05, 3.63) is 43.9 Å². The predicted octanol–water partition coefficient (Wildman–Crippen LogP) is -0.266. The van der Waals surface area contributed by atoms with Gasteiger partial charge in [0.2, 0.25) is 0 Å². The van der Waals surface area contributed by atoms with E-state index in [1.54, 1.807) is 30.6 Å². The summed E-state index contributed by atoms with van der Waals surface area (Å²) in [5, 5.41) is 6.80. The molecule has 1 aliphatic rings. The molecule has 0 aromatic carbocycles. The highest BCUT2D eigenvalue weighted by atomic mass is 35.5. The maximum absolute atomic E-state index is 11.7. The van der Waals surface area contributed by atoms with Crippen molar-refractivity contribution in [1.29, 1.82) is 0 Å². The average Bonchev–Trinajstić information content (AvgIpc) is 3.03. The Bertz CT molecular complexity index is 806. The van der Waals surface area contributed by atoms with E-state index in [1.807, 2.05) is 0 Å². The van der Waals surface area contributed by atoms with Gasteiger partial charge in [-0.2, -0.15) is 0 Å². The SMILES string of the molecule is O=c1[nH][nH]c(=C2N=CC=N2)c1=Cc1ccc(Cl)[nH]1. The van der Waals surface area contributed by atoms with Crippen LogP contribution < -0.4 is 16.1 Å². The molecule has 0 atom stereocenters. The normalized spacial score (nSPS) is 14.9. The van der Waals surface area contributed by atoms with E-state index in [0.717, 1.165) is 5.69 Å². The molecule has 0 fully saturated rings. The Morgan fingerprint density at radius 2 is 1.94 bits per heavy atom. The van der Waals surface area contributed by atoms with Crippen molar-refractivity contribution in [2.45, 2.75) is 0 Å². The quantitative estimate of drug-likeness (QED) is 0.648. The van der Waals surface area contributed by atoms with E-state index in [2.05, 4.69) is 25.2 Å². The molecule has 6 nitrogen and oxygen atoms in total. The molecular weight excluding hydrogens is 254 g/mol. The van der Waals surface area contributed by atoms with Crippen molar-refractivity contribution in [3.8, 4) is 0 Å². The van der Waals surface area contributed by atoms with Gasteiger partial charge in [0.25, 0.3) is 5.56 Å². The topological polar surface area (TPSA) is 89.2 Å². The fraction of sp³-hybridized carbons (Fsp3) is 0. The number of hydrogen-bond donors (Lipinski definition) is 3. The van der Waals surface area contributed by atoms with Gasteiger partial charge in [-0.25, -0.2) is 9.98 Å². The molecule has 0 saturated heterocycles. The van der Waals surface area contributed by atoms with Gasteiger partial charge in [-0.1, -0.05) is 11.6 Å². The van der Waals surface area contributed by atoms with Crippen LogP contribution in [0.3, 0.4) is 0 Å². The first-order valence-corrected chi connectivity index (χ1v) is 5.56. The van der Waals surface area contributed by atoms with Gasteiger partial charge in [-0.05, 0) is 18.2 Å². The van der Waals surface area contributed by atoms with Crippen LogP contribution in [-0.2, 0) is 0 Å². The Labute approximate surface area is 105 Å². The number of halogens is 1. The molecule has 0 amide bonds. The van der Waals surface area contributed by atoms with Crippen LogP contribution in [0, 0.1) is 0 Å². The lowest BCUT2D eigenvalue weighted by Crippen LogP contribution is -2.34. The minimum absolute atomic E-state index is 0.236. The van der Waals surface area contributed by atoms with Crippen molar-refractivity contribution in [3.63, 3.8) is 0 Å². The first-order chi connectivity index (χ1) is 8.74. The molecule has 3 heterocycles. The molecule has 1 aliphatic heterocycles. The van der Waals surface area contributed by atoms with Crippen LogP contribution in [0.15, 0.2) is 26.9 Å². The summed E-state index contributed by atoms with van der Waals surface area (Å²) < 4.78 is 0. The maximum Gasteiger partial charge on any atom is 0.272 e. The number of aromatic nitrogens is 3. The Morgan fingerprint density at radius 3 is 2.61 bits per heavy atom. The molecule has 0 bridgehead atoms. The van der Waals surface area contributed by atoms with Crippen LogP contribution in [-0.4, -0.2) is 27.6 Å². The third kappa shape index (κ3) is 1.82. The summed E-state index contributed by atoms with van der Waals surface area (Å²) >= 11 is 5.79. The molecule has 0 radical (unpaired) electrons. The molecule has 2 aromatic heterocycles. The summed E-state index contributed by atoms with van der Waals surface area (Å²) in [6, 6.07) is 3.50. The van der Waals surface area contributed by atoms with Crippen LogP contribution in [0.4, 0.5) is 0 Å². The second kappa shape index (κ2) is 4.15. The Hall–Kier alpha value is -2.34. The molecule has 18 heavy (non-hydrogen) atoms. The van der Waals surface area contributed by atoms with Gasteiger partial charge in [0.05, 0.1) is 5.22 Å². The molecule has 90 valence electrons. The van der Waals surface area contributed by atoms with Crippen LogP contribution in [0.2, 0.25) is 5.15 Å². The summed E-state index contributed by atoms with van der Waals surface area (Å²) in [7, 11) is 0. The van der Waals surface area contributed by atoms with Crippen LogP contribution in [0.25, 0.3) is 11.9 Å². The number of aliphatic imine (C=N–C) groups is 2. The number of hydrogen-bond acceptors (Lipinski definition) is 3. The van der Waals surface area contributed by atoms with Crippen LogP contribution in [0.1, 0.15) is 5.69 Å². The lowest BCUT2D eigenvalue weighted by atomic mass is 10.3. The van der Waals surface area contributed by atoms with E-state index in [9.17, 15) is 4.79 Å². The van der Waals surface area contributed by atoms with Crippen LogP contribution >= 0.6 is 11.6 Å². The molecule has 3 rings (SSSR count). The maximum atomic E-state index is 11.7. The number of H-pyrrole nitrogens is 3. The predicted molar refractivity (Wildman–Crippen MR) is 70.4 cm³/mol. The first-order valence-electron chi connectivity index (χ1n) is 5.18. The Balaban J connectivity index is 2.31. The van der Waals surface area contributed by atoms with Gasteiger partial charge in [0.15, 0.2) is 5.82 Å². The van der Waals surface area contributed by atoms with Gasteiger partial charge < -0.3 is 4.98 Å². The Morgan fingerprint density at radius 1 is 1.17 bits per heavy atom. The zero-order valence-electron chi connectivity index (χ0n) is 9.07. The molecule has 0 unspecified atom stereocenters. The van der Waals surface area contributed by atoms with Crippen molar-refractivity contribution in [2.75, 3.05) is 0 Å². The van der Waals surface area contributed by atoms with E-state index in [-0.39, 0.29) is 5.56 Å². The minimum atomic E-state index is -0.236. The molecule has 0 spiro atoms. The third-order valence-corrected chi connectivity index (χ3v) is 2.69. The highest BCUT2D eigenvalue weighted by Gasteiger charge is 2.03. The average molecular weight is 262 g/mol. The zero-order chi connectivity index (χ0) is 12.5. The van der Waals surface area contributed by atoms with E-state index >= 15 is 0 Å². The van der Waals surface area contributed by atoms with Crippen molar-refractivity contribution in [1.82, 2.24) is 15.2 Å². The zero-order valence-corrected chi connectivity index (χ0v) is 9.82. The summed E-state index contributed by atoms with van der Waals surface area (Å²) in [4.78, 5) is 22.7. The summed E-state index contributed by atoms with van der Waals surface area (Å²) in [5.41, 5.74) is 0.499. The van der Waals surface area contributed by atoms with Crippen LogP contribution in [0.5, 0.6) is 0 Å². The largest absolute Gasteiger partial charge is 0.346 e. The second-order valence-electron chi connectivity index (χ2n) is 3.65. The molecule has 3 N–H and O–H groups in total. The fourth-order valence-corrected chi connectivity index (χ4v) is 1.85. The fourth-order valence-electron chi connectivity index (χ4n) is 1.68. The lowest BCUT2D eigenvalue weighted by molar-refractivity contribution is 1.03. The van der Waals surface area contributed by atoms with E-state index in [0.29, 0.717) is 21.5 Å². The van der Waals surface area contributed by atoms with Gasteiger partial charge in [-0.15, -0.1) is 0 Å². The van der Waals surface area contributed by atoms with Crippen molar-refractivity contribution in [2.24, 2.45) is 9.98 Å². The van der Waals surface area contributed by atoms with Gasteiger partial charge in [-0.3, -0.25) is 15.0 Å². The third-order valence-electron chi connectivity index (χ3n) is 2.47. The van der Waals surface area contributed by atoms with Crippen molar-refractivity contribution >= 4 is 35.9 Å². The molecule has 0 saturated carbocycles. The lowest BCUT2D eigenvalue weighted by Gasteiger charge is -1.86. The first kappa shape index (κ1) is 10.8. The molecule has 2 aromatic rings. The number of nitrogens with one attached hydrogen (secondary N) is 3. The molecule has 0 aliphatic carbocycles. The molecular formula is C11H8ClN5O. The minimum Gasteiger partial charge on any atom is -0.346 e. The number of nitrogens with zero attached hydrogens (tertiary/aromatic N) is 2. The highest BCUT2D eigenvalue weighted by Crippen LogP contribution is 2.07. The van der Waals surface area contributed by atoms with Crippen molar-refractivity contribution < 1.29 is 0 Å². The summed E-state index contributed by atoms with van der Waals surface area (Å²) in [6.45, 7) is 0. The van der Waals surface area contributed by atoms with E-state index in [4.69, 9.17) is 11.6 Å². The standard InChI is InChI=1S/C11H8ClN5O/c12-8-2-1-6(15-8)5-7-9(16-17-11(7)18)10-13-3-4-14-10/h1-5,15-16H,(H,17,18). The Kier molecular flexibility index (Phi) is 2.49. The second-order valence-corrected chi connectivity index (χ2v) is 4.06. The van der Waals surface area contributed by atoms with Gasteiger partial charge in [0.1, 0.15) is 10.5 Å². The highest BCUT2D eigenvalue weighted by molar-refractivity contribution is 6.29. The van der Waals surface area contributed by atoms with E-state index in [1.165, 1.54) is 0 Å². The summed E-state index contributed by atoms with van der Waals surface area (Å²) in [5.74, 6) is 0.470. The summed E-state index contributed by atoms with van der Waals surface area (Å²) in [6.07, 6.45) is 4.82. The van der Waals surface area contributed by atoms with Gasteiger partial charge >= 0.3 is 0 Å². The molecule has 7 heteroatoms. The van der Waals surface area contributed by atoms with Gasteiger partial charge in [0, 0.05) is 18.1 Å². The smallest absolute Gasteiger partial charge is 0.272 e. The monoisotopic (exact) mass is 261 g/mol. The van der Waals surface area contributed by atoms with E-state index < -0.39 is 0 Å².